The summed E-state index contributed by atoms with van der Waals surface area (Å²) in [5.41, 5.74) is 3.49. The zero-order valence-corrected chi connectivity index (χ0v) is 20.4. The molecule has 7 nitrogen and oxygen atoms in total. The molecule has 2 N–H and O–H groups in total. The normalized spacial score (nSPS) is 10.4. The van der Waals surface area contributed by atoms with Gasteiger partial charge >= 0.3 is 5.97 Å². The van der Waals surface area contributed by atoms with Crippen molar-refractivity contribution in [2.45, 2.75) is 33.1 Å². The molecule has 2 amide bonds. The molecular weight excluding hydrogens is 468 g/mol. The quantitative estimate of drug-likeness (QED) is 0.335. The van der Waals surface area contributed by atoms with Crippen LogP contribution in [-0.4, -0.2) is 24.4 Å². The fraction of sp³-hybridized carbons (Fsp3) is 0.222. The van der Waals surface area contributed by atoms with Crippen molar-refractivity contribution in [1.82, 2.24) is 0 Å². The molecule has 0 aliphatic heterocycles. The van der Waals surface area contributed by atoms with E-state index in [-0.39, 0.29) is 18.7 Å². The SMILES string of the molecule is Cc1ccc(Oc2ccc(NC(=O)CCCC(=O)OCC(=O)Nc3cccc(Cl)c3)cc2)cc1C. The first kappa shape index (κ1) is 25.8. The van der Waals surface area contributed by atoms with Crippen LogP contribution < -0.4 is 15.4 Å². The minimum atomic E-state index is -0.549. The van der Waals surface area contributed by atoms with Gasteiger partial charge < -0.3 is 20.1 Å². The third-order valence-corrected chi connectivity index (χ3v) is 5.34. The number of amides is 2. The second-order valence-electron chi connectivity index (χ2n) is 7.99. The van der Waals surface area contributed by atoms with Crippen LogP contribution in [-0.2, 0) is 19.1 Å². The highest BCUT2D eigenvalue weighted by Crippen LogP contribution is 2.25. The van der Waals surface area contributed by atoms with Crippen LogP contribution >= 0.6 is 11.6 Å². The molecule has 0 unspecified atom stereocenters. The second kappa shape index (κ2) is 12.6. The number of nitrogens with one attached hydrogen (secondary N) is 2. The highest BCUT2D eigenvalue weighted by atomic mass is 35.5. The molecule has 3 rings (SSSR count). The van der Waals surface area contributed by atoms with Gasteiger partial charge in [-0.1, -0.05) is 23.7 Å². The molecule has 0 aliphatic carbocycles. The molecule has 0 spiro atoms. The lowest BCUT2D eigenvalue weighted by atomic mass is 10.1. The molecular formula is C27H27ClN2O5. The highest BCUT2D eigenvalue weighted by molar-refractivity contribution is 6.30. The van der Waals surface area contributed by atoms with Gasteiger partial charge in [0.15, 0.2) is 6.61 Å². The first-order valence-electron chi connectivity index (χ1n) is 11.1. The Morgan fingerprint density at radius 3 is 2.20 bits per heavy atom. The lowest BCUT2D eigenvalue weighted by molar-refractivity contribution is -0.147. The van der Waals surface area contributed by atoms with E-state index in [1.54, 1.807) is 48.5 Å². The molecule has 0 bridgehead atoms. The van der Waals surface area contributed by atoms with Crippen LogP contribution in [0, 0.1) is 13.8 Å². The van der Waals surface area contributed by atoms with Crippen LogP contribution in [0.5, 0.6) is 11.5 Å². The Kier molecular flexibility index (Phi) is 9.26. The monoisotopic (exact) mass is 494 g/mol. The maximum Gasteiger partial charge on any atom is 0.306 e. The van der Waals surface area contributed by atoms with Gasteiger partial charge in [-0.15, -0.1) is 0 Å². The zero-order chi connectivity index (χ0) is 25.2. The van der Waals surface area contributed by atoms with Crippen molar-refractivity contribution in [3.63, 3.8) is 0 Å². The van der Waals surface area contributed by atoms with Crippen molar-refractivity contribution in [1.29, 1.82) is 0 Å². The molecule has 0 aromatic heterocycles. The predicted molar refractivity (Wildman–Crippen MR) is 136 cm³/mol. The number of halogens is 1. The lowest BCUT2D eigenvalue weighted by Gasteiger charge is -2.10. The van der Waals surface area contributed by atoms with Gasteiger partial charge in [0.05, 0.1) is 0 Å². The number of ether oxygens (including phenoxy) is 2. The maximum atomic E-state index is 12.2. The topological polar surface area (TPSA) is 93.7 Å². The number of hydrogen-bond donors (Lipinski definition) is 2. The van der Waals surface area contributed by atoms with Crippen LogP contribution in [0.3, 0.4) is 0 Å². The first-order chi connectivity index (χ1) is 16.8. The molecule has 0 atom stereocenters. The Balaban J connectivity index is 1.34. The summed E-state index contributed by atoms with van der Waals surface area (Å²) >= 11 is 5.86. The second-order valence-corrected chi connectivity index (χ2v) is 8.43. The van der Waals surface area contributed by atoms with Crippen molar-refractivity contribution >= 4 is 40.8 Å². The summed E-state index contributed by atoms with van der Waals surface area (Å²) in [5, 5.41) is 5.86. The zero-order valence-electron chi connectivity index (χ0n) is 19.6. The van der Waals surface area contributed by atoms with E-state index < -0.39 is 18.5 Å². The fourth-order valence-electron chi connectivity index (χ4n) is 3.12. The minimum Gasteiger partial charge on any atom is -0.457 e. The molecule has 0 saturated heterocycles. The lowest BCUT2D eigenvalue weighted by Crippen LogP contribution is -2.21. The van der Waals surface area contributed by atoms with Gasteiger partial charge in [-0.2, -0.15) is 0 Å². The van der Waals surface area contributed by atoms with Crippen molar-refractivity contribution in [3.05, 3.63) is 82.9 Å². The number of aryl methyl sites for hydroxylation is 2. The third-order valence-electron chi connectivity index (χ3n) is 5.11. The summed E-state index contributed by atoms with van der Waals surface area (Å²) in [4.78, 5) is 35.9. The fourth-order valence-corrected chi connectivity index (χ4v) is 3.31. The van der Waals surface area contributed by atoms with E-state index in [0.29, 0.717) is 28.6 Å². The standard InChI is InChI=1S/C27H27ClN2O5/c1-18-9-12-24(15-19(18)2)35-23-13-10-21(11-14-23)29-25(31)7-4-8-27(33)34-17-26(32)30-22-6-3-5-20(28)16-22/h3,5-6,9-16H,4,7-8,17H2,1-2H3,(H,29,31)(H,30,32). The van der Waals surface area contributed by atoms with Gasteiger partial charge in [0, 0.05) is 29.2 Å². The molecule has 0 radical (unpaired) electrons. The molecule has 0 heterocycles. The first-order valence-corrected chi connectivity index (χ1v) is 11.5. The molecule has 0 aliphatic rings. The van der Waals surface area contributed by atoms with E-state index >= 15 is 0 Å². The van der Waals surface area contributed by atoms with Crippen molar-refractivity contribution in [2.75, 3.05) is 17.2 Å². The van der Waals surface area contributed by atoms with Gasteiger partial charge in [-0.25, -0.2) is 0 Å². The van der Waals surface area contributed by atoms with Crippen molar-refractivity contribution in [2.24, 2.45) is 0 Å². The van der Waals surface area contributed by atoms with Gasteiger partial charge in [0.1, 0.15) is 11.5 Å². The Morgan fingerprint density at radius 2 is 1.49 bits per heavy atom. The number of esters is 1. The highest BCUT2D eigenvalue weighted by Gasteiger charge is 2.10. The van der Waals surface area contributed by atoms with E-state index in [1.807, 2.05) is 32.0 Å². The molecule has 3 aromatic carbocycles. The maximum absolute atomic E-state index is 12.2. The van der Waals surface area contributed by atoms with Crippen LogP contribution in [0.1, 0.15) is 30.4 Å². The average Bonchev–Trinajstić information content (AvgIpc) is 2.81. The van der Waals surface area contributed by atoms with E-state index in [1.165, 1.54) is 5.56 Å². The summed E-state index contributed by atoms with van der Waals surface area (Å²) in [7, 11) is 0. The predicted octanol–water partition coefficient (Wildman–Crippen LogP) is 6.04. The molecule has 3 aromatic rings. The van der Waals surface area contributed by atoms with Gasteiger partial charge in [-0.3, -0.25) is 14.4 Å². The number of hydrogen-bond acceptors (Lipinski definition) is 5. The number of carbonyl (C=O) groups excluding carboxylic acids is 3. The molecule has 8 heteroatoms. The van der Waals surface area contributed by atoms with Gasteiger partial charge in [-0.05, 0) is 86.0 Å². The largest absolute Gasteiger partial charge is 0.457 e. The van der Waals surface area contributed by atoms with Crippen molar-refractivity contribution in [3.8, 4) is 11.5 Å². The molecule has 0 fully saturated rings. The molecule has 35 heavy (non-hydrogen) atoms. The van der Waals surface area contributed by atoms with Gasteiger partial charge in [0.25, 0.3) is 5.91 Å². The summed E-state index contributed by atoms with van der Waals surface area (Å²) in [6.07, 6.45) is 0.472. The van der Waals surface area contributed by atoms with E-state index in [4.69, 9.17) is 21.1 Å². The van der Waals surface area contributed by atoms with E-state index in [2.05, 4.69) is 10.6 Å². The van der Waals surface area contributed by atoms with E-state index in [9.17, 15) is 14.4 Å². The minimum absolute atomic E-state index is 0.0284. The summed E-state index contributed by atoms with van der Waals surface area (Å²) < 4.78 is 10.8. The Morgan fingerprint density at radius 1 is 0.771 bits per heavy atom. The van der Waals surface area contributed by atoms with E-state index in [0.717, 1.165) is 11.3 Å². The Hall–Kier alpha value is -3.84. The third kappa shape index (κ3) is 8.79. The number of benzene rings is 3. The van der Waals surface area contributed by atoms with Crippen molar-refractivity contribution < 1.29 is 23.9 Å². The number of rotatable bonds is 10. The number of carbonyl (C=O) groups is 3. The summed E-state index contributed by atoms with van der Waals surface area (Å²) in [5.74, 6) is 0.168. The molecule has 0 saturated carbocycles. The molecule has 182 valence electrons. The Labute approximate surface area is 209 Å². The summed E-state index contributed by atoms with van der Waals surface area (Å²) in [6.45, 7) is 3.66. The summed E-state index contributed by atoms with van der Waals surface area (Å²) in [6, 6.07) is 19.6. The number of anilines is 2. The van der Waals surface area contributed by atoms with Crippen LogP contribution in [0.2, 0.25) is 5.02 Å². The van der Waals surface area contributed by atoms with Crippen LogP contribution in [0.15, 0.2) is 66.7 Å². The average molecular weight is 495 g/mol. The smallest absolute Gasteiger partial charge is 0.306 e. The Bertz CT molecular complexity index is 1190. The van der Waals surface area contributed by atoms with Gasteiger partial charge in [0.2, 0.25) is 5.91 Å². The van der Waals surface area contributed by atoms with Crippen LogP contribution in [0.25, 0.3) is 0 Å². The van der Waals surface area contributed by atoms with Crippen LogP contribution in [0.4, 0.5) is 11.4 Å².